The standard InChI is InChI=1S/C21H21N2OSe/c1-3-22-16-10-5-7-12-18(16)24-20(22)14-9-15-21-23(4-2)17-11-6-8-13-19(17)25-21/h5-15H,3-4H2,1-2H3/q+1. The fourth-order valence-corrected chi connectivity index (χ4v) is 5.61. The average Bonchev–Trinajstić information content (AvgIpc) is 3.18. The maximum absolute atomic E-state index is 6.01. The minimum atomic E-state index is 0.367. The summed E-state index contributed by atoms with van der Waals surface area (Å²) in [5.41, 5.74) is 2.50. The molecule has 0 N–H and O–H groups in total. The molecule has 4 heteroatoms. The summed E-state index contributed by atoms with van der Waals surface area (Å²) < 4.78 is 11.3. The molecule has 1 aromatic heterocycles. The van der Waals surface area contributed by atoms with Gasteiger partial charge in [-0.3, -0.25) is 0 Å². The Labute approximate surface area is 154 Å². The first-order chi connectivity index (χ1) is 12.3. The molecule has 2 heterocycles. The summed E-state index contributed by atoms with van der Waals surface area (Å²) in [7, 11) is 0. The van der Waals surface area contributed by atoms with E-state index in [0.29, 0.717) is 14.5 Å². The van der Waals surface area contributed by atoms with E-state index in [-0.39, 0.29) is 0 Å². The zero-order valence-electron chi connectivity index (χ0n) is 14.5. The van der Waals surface area contributed by atoms with Crippen LogP contribution in [0.2, 0.25) is 0 Å². The number of rotatable bonds is 4. The second-order valence-electron chi connectivity index (χ2n) is 5.83. The van der Waals surface area contributed by atoms with E-state index in [0.717, 1.165) is 30.4 Å². The van der Waals surface area contributed by atoms with Gasteiger partial charge in [-0.05, 0) is 0 Å². The Balaban J connectivity index is 1.64. The van der Waals surface area contributed by atoms with Crippen LogP contribution >= 0.6 is 0 Å². The number of aromatic nitrogens is 1. The molecule has 0 saturated heterocycles. The molecule has 126 valence electrons. The summed E-state index contributed by atoms with van der Waals surface area (Å²) in [5, 5.41) is 0. The molecule has 0 spiro atoms. The average molecular weight is 396 g/mol. The van der Waals surface area contributed by atoms with E-state index < -0.39 is 0 Å². The van der Waals surface area contributed by atoms with Gasteiger partial charge in [0.15, 0.2) is 0 Å². The van der Waals surface area contributed by atoms with Crippen molar-refractivity contribution in [2.75, 3.05) is 11.4 Å². The van der Waals surface area contributed by atoms with Crippen LogP contribution in [0.4, 0.5) is 5.69 Å². The third-order valence-electron chi connectivity index (χ3n) is 4.38. The number of nitrogens with zero attached hydrogens (tertiary/aromatic N) is 2. The number of aryl methyl sites for hydroxylation is 1. The number of hydrogen-bond donors (Lipinski definition) is 0. The fourth-order valence-electron chi connectivity index (χ4n) is 3.22. The van der Waals surface area contributed by atoms with E-state index in [4.69, 9.17) is 4.74 Å². The molecular formula is C21H21N2OSe+. The van der Waals surface area contributed by atoms with Gasteiger partial charge in [0.2, 0.25) is 0 Å². The molecule has 1 aliphatic heterocycles. The van der Waals surface area contributed by atoms with Crippen LogP contribution in [0.25, 0.3) is 15.9 Å². The molecule has 3 aromatic rings. The van der Waals surface area contributed by atoms with Crippen LogP contribution < -0.4 is 14.2 Å². The summed E-state index contributed by atoms with van der Waals surface area (Å²) in [6.45, 7) is 6.25. The SMILES string of the molecule is CCN1/C(=C\C=C\c2[se]c3ccccc3[n+]2CC)Oc2ccccc21. The topological polar surface area (TPSA) is 16.4 Å². The first-order valence-electron chi connectivity index (χ1n) is 8.66. The van der Waals surface area contributed by atoms with Crippen LogP contribution in [0.3, 0.4) is 0 Å². The minimum absolute atomic E-state index is 0.367. The Hall–Kier alpha value is -2.29. The Morgan fingerprint density at radius 3 is 2.72 bits per heavy atom. The molecule has 0 aliphatic carbocycles. The number of anilines is 1. The normalized spacial score (nSPS) is 15.3. The van der Waals surface area contributed by atoms with E-state index in [1.807, 2.05) is 12.1 Å². The number of benzene rings is 2. The molecule has 0 bridgehead atoms. The monoisotopic (exact) mass is 397 g/mol. The summed E-state index contributed by atoms with van der Waals surface area (Å²) in [4.78, 5) is 2.20. The predicted molar refractivity (Wildman–Crippen MR) is 104 cm³/mol. The molecular weight excluding hydrogens is 375 g/mol. The summed E-state index contributed by atoms with van der Waals surface area (Å²) in [6, 6.07) is 16.9. The van der Waals surface area contributed by atoms with Gasteiger partial charge >= 0.3 is 154 Å². The van der Waals surface area contributed by atoms with Gasteiger partial charge in [0.25, 0.3) is 0 Å². The van der Waals surface area contributed by atoms with Crippen molar-refractivity contribution < 1.29 is 9.30 Å². The zero-order chi connectivity index (χ0) is 17.2. The van der Waals surface area contributed by atoms with Crippen molar-refractivity contribution in [2.45, 2.75) is 20.4 Å². The molecule has 4 rings (SSSR count). The van der Waals surface area contributed by atoms with Crippen LogP contribution in [0.5, 0.6) is 5.75 Å². The van der Waals surface area contributed by atoms with Crippen LogP contribution in [0, 0.1) is 0 Å². The summed E-state index contributed by atoms with van der Waals surface area (Å²) in [6.07, 6.45) is 6.43. The Morgan fingerprint density at radius 2 is 1.88 bits per heavy atom. The summed E-state index contributed by atoms with van der Waals surface area (Å²) in [5.74, 6) is 1.83. The van der Waals surface area contributed by atoms with Crippen molar-refractivity contribution in [3.05, 3.63) is 71.1 Å². The first-order valence-corrected chi connectivity index (χ1v) is 10.4. The molecule has 25 heavy (non-hydrogen) atoms. The molecule has 0 radical (unpaired) electrons. The third-order valence-corrected chi connectivity index (χ3v) is 6.76. The van der Waals surface area contributed by atoms with Crippen molar-refractivity contribution in [2.24, 2.45) is 0 Å². The molecule has 3 nitrogen and oxygen atoms in total. The Kier molecular flexibility index (Phi) is 4.48. The van der Waals surface area contributed by atoms with Crippen LogP contribution in [0.15, 0.2) is 66.6 Å². The van der Waals surface area contributed by atoms with Crippen molar-refractivity contribution in [3.63, 3.8) is 0 Å². The fraction of sp³-hybridized carbons (Fsp3) is 0.190. The van der Waals surface area contributed by atoms with E-state index in [1.165, 1.54) is 14.3 Å². The molecule has 0 unspecified atom stereocenters. The van der Waals surface area contributed by atoms with Crippen LogP contribution in [-0.2, 0) is 6.54 Å². The molecule has 1 aliphatic rings. The van der Waals surface area contributed by atoms with Gasteiger partial charge < -0.3 is 0 Å². The van der Waals surface area contributed by atoms with Crippen molar-refractivity contribution in [1.82, 2.24) is 0 Å². The van der Waals surface area contributed by atoms with E-state index >= 15 is 0 Å². The van der Waals surface area contributed by atoms with Gasteiger partial charge in [-0.15, -0.1) is 0 Å². The number of ether oxygens (including phenoxy) is 1. The number of hydrogen-bond acceptors (Lipinski definition) is 2. The van der Waals surface area contributed by atoms with Crippen molar-refractivity contribution in [3.8, 4) is 5.75 Å². The predicted octanol–water partition coefficient (Wildman–Crippen LogP) is 3.98. The first kappa shape index (κ1) is 16.2. The molecule has 0 fully saturated rings. The van der Waals surface area contributed by atoms with Crippen molar-refractivity contribution in [1.29, 1.82) is 0 Å². The number of para-hydroxylation sites is 3. The van der Waals surface area contributed by atoms with Gasteiger partial charge in [-0.2, -0.15) is 0 Å². The van der Waals surface area contributed by atoms with E-state index in [9.17, 15) is 0 Å². The van der Waals surface area contributed by atoms with Gasteiger partial charge in [0.1, 0.15) is 0 Å². The van der Waals surface area contributed by atoms with Crippen molar-refractivity contribution >= 4 is 36.0 Å². The summed E-state index contributed by atoms with van der Waals surface area (Å²) >= 11 is 0.367. The maximum atomic E-state index is 6.01. The van der Waals surface area contributed by atoms with Crippen LogP contribution in [0.1, 0.15) is 18.4 Å². The Morgan fingerprint density at radius 1 is 1.08 bits per heavy atom. The number of fused-ring (bicyclic) bond motifs is 2. The number of allylic oxidation sites excluding steroid dienone is 2. The van der Waals surface area contributed by atoms with Gasteiger partial charge in [-0.1, -0.05) is 0 Å². The van der Waals surface area contributed by atoms with E-state index in [2.05, 4.69) is 77.9 Å². The van der Waals surface area contributed by atoms with Gasteiger partial charge in [0.05, 0.1) is 0 Å². The molecule has 2 aromatic carbocycles. The Bertz CT molecular complexity index is 971. The van der Waals surface area contributed by atoms with Gasteiger partial charge in [-0.25, -0.2) is 0 Å². The molecule has 0 saturated carbocycles. The second kappa shape index (κ2) is 6.91. The quantitative estimate of drug-likeness (QED) is 0.490. The van der Waals surface area contributed by atoms with Crippen LogP contribution in [-0.4, -0.2) is 21.0 Å². The zero-order valence-corrected chi connectivity index (χ0v) is 16.2. The second-order valence-corrected chi connectivity index (χ2v) is 8.06. The molecule has 0 amide bonds. The molecule has 0 atom stereocenters. The third kappa shape index (κ3) is 2.92. The van der Waals surface area contributed by atoms with Gasteiger partial charge in [0, 0.05) is 0 Å². The van der Waals surface area contributed by atoms with E-state index in [1.54, 1.807) is 0 Å².